The maximum atomic E-state index is 11.7. The standard InChI is InChI=1S/C14H17NO2/c16-14(13-9-17-13)15-12-8-4-7-11(12)10-5-2-1-3-6-10/h1-3,5-6,11-13H,4,7-9H2,(H,15,16)/t11-,12-,13?/m1/s1. The smallest absolute Gasteiger partial charge is 0.251 e. The van der Waals surface area contributed by atoms with Crippen LogP contribution in [-0.4, -0.2) is 24.7 Å². The second kappa shape index (κ2) is 4.49. The lowest BCUT2D eigenvalue weighted by Gasteiger charge is -2.21. The molecule has 0 bridgehead atoms. The van der Waals surface area contributed by atoms with Crippen molar-refractivity contribution in [3.8, 4) is 0 Å². The van der Waals surface area contributed by atoms with E-state index in [1.54, 1.807) is 0 Å². The first-order valence-corrected chi connectivity index (χ1v) is 6.31. The van der Waals surface area contributed by atoms with Gasteiger partial charge in [-0.2, -0.15) is 0 Å². The van der Waals surface area contributed by atoms with Crippen LogP contribution in [-0.2, 0) is 9.53 Å². The Hall–Kier alpha value is -1.35. The van der Waals surface area contributed by atoms with Gasteiger partial charge in [-0.15, -0.1) is 0 Å². The average Bonchev–Trinajstić information content (AvgIpc) is 3.12. The van der Waals surface area contributed by atoms with Gasteiger partial charge in [-0.25, -0.2) is 0 Å². The van der Waals surface area contributed by atoms with Crippen LogP contribution in [0.4, 0.5) is 0 Å². The summed E-state index contributed by atoms with van der Waals surface area (Å²) >= 11 is 0. The number of amides is 1. The lowest BCUT2D eigenvalue weighted by Crippen LogP contribution is -2.39. The molecule has 3 rings (SSSR count). The molecule has 3 atom stereocenters. The summed E-state index contributed by atoms with van der Waals surface area (Å²) in [6, 6.07) is 10.8. The molecule has 90 valence electrons. The van der Waals surface area contributed by atoms with Crippen molar-refractivity contribution in [3.63, 3.8) is 0 Å². The minimum atomic E-state index is -0.174. The third-order valence-corrected chi connectivity index (χ3v) is 3.70. The predicted molar refractivity (Wildman–Crippen MR) is 64.7 cm³/mol. The summed E-state index contributed by atoms with van der Waals surface area (Å²) in [5.74, 6) is 0.539. The van der Waals surface area contributed by atoms with Crippen LogP contribution in [0, 0.1) is 0 Å². The molecule has 0 aromatic heterocycles. The van der Waals surface area contributed by atoms with Gasteiger partial charge < -0.3 is 10.1 Å². The fourth-order valence-electron chi connectivity index (χ4n) is 2.71. The number of benzene rings is 1. The fraction of sp³-hybridized carbons (Fsp3) is 0.500. The number of nitrogens with one attached hydrogen (secondary N) is 1. The Labute approximate surface area is 101 Å². The molecule has 1 aliphatic carbocycles. The van der Waals surface area contributed by atoms with Gasteiger partial charge in [-0.05, 0) is 18.4 Å². The zero-order valence-corrected chi connectivity index (χ0v) is 9.76. The van der Waals surface area contributed by atoms with Gasteiger partial charge in [0.1, 0.15) is 0 Å². The molecule has 2 aliphatic rings. The third-order valence-electron chi connectivity index (χ3n) is 3.70. The average molecular weight is 231 g/mol. The highest BCUT2D eigenvalue weighted by atomic mass is 16.6. The normalized spacial score (nSPS) is 31.2. The first kappa shape index (κ1) is 10.8. The molecule has 3 heteroatoms. The van der Waals surface area contributed by atoms with Gasteiger partial charge in [0.25, 0.3) is 5.91 Å². The van der Waals surface area contributed by atoms with Crippen LogP contribution in [0.2, 0.25) is 0 Å². The van der Waals surface area contributed by atoms with Crippen molar-refractivity contribution in [2.75, 3.05) is 6.61 Å². The van der Waals surface area contributed by atoms with Gasteiger partial charge >= 0.3 is 0 Å². The molecule has 0 radical (unpaired) electrons. The molecule has 17 heavy (non-hydrogen) atoms. The van der Waals surface area contributed by atoms with E-state index in [0.29, 0.717) is 12.5 Å². The molecule has 1 N–H and O–H groups in total. The monoisotopic (exact) mass is 231 g/mol. The Morgan fingerprint density at radius 3 is 2.71 bits per heavy atom. The second-order valence-electron chi connectivity index (χ2n) is 4.89. The van der Waals surface area contributed by atoms with E-state index in [-0.39, 0.29) is 18.1 Å². The maximum Gasteiger partial charge on any atom is 0.251 e. The van der Waals surface area contributed by atoms with Crippen LogP contribution in [0.5, 0.6) is 0 Å². The fourth-order valence-corrected chi connectivity index (χ4v) is 2.71. The van der Waals surface area contributed by atoms with Crippen molar-refractivity contribution in [1.82, 2.24) is 5.32 Å². The number of ether oxygens (including phenoxy) is 1. The van der Waals surface area contributed by atoms with Crippen LogP contribution < -0.4 is 5.32 Å². The number of carbonyl (C=O) groups is 1. The summed E-state index contributed by atoms with van der Waals surface area (Å²) in [5.41, 5.74) is 1.34. The molecule has 0 spiro atoms. The third kappa shape index (κ3) is 2.34. The van der Waals surface area contributed by atoms with Gasteiger partial charge in [-0.1, -0.05) is 36.8 Å². The van der Waals surface area contributed by atoms with Crippen molar-refractivity contribution in [3.05, 3.63) is 35.9 Å². The van der Waals surface area contributed by atoms with E-state index in [2.05, 4.69) is 29.6 Å². The molecule has 1 amide bonds. The van der Waals surface area contributed by atoms with Crippen molar-refractivity contribution in [1.29, 1.82) is 0 Å². The summed E-state index contributed by atoms with van der Waals surface area (Å²) in [7, 11) is 0. The van der Waals surface area contributed by atoms with Crippen LogP contribution in [0.1, 0.15) is 30.7 Å². The van der Waals surface area contributed by atoms with E-state index < -0.39 is 0 Å². The SMILES string of the molecule is O=C(N[C@@H]1CCC[C@@H]1c1ccccc1)C1CO1. The van der Waals surface area contributed by atoms with Crippen LogP contribution in [0.3, 0.4) is 0 Å². The van der Waals surface area contributed by atoms with Crippen molar-refractivity contribution < 1.29 is 9.53 Å². The molecule has 1 aliphatic heterocycles. The second-order valence-corrected chi connectivity index (χ2v) is 4.89. The van der Waals surface area contributed by atoms with E-state index in [0.717, 1.165) is 6.42 Å². The summed E-state index contributed by atoms with van der Waals surface area (Å²) in [6.45, 7) is 0.592. The number of carbonyl (C=O) groups excluding carboxylic acids is 1. The lowest BCUT2D eigenvalue weighted by atomic mass is 9.94. The molecule has 1 aromatic carbocycles. The zero-order chi connectivity index (χ0) is 11.7. The summed E-state index contributed by atoms with van der Waals surface area (Å²) in [4.78, 5) is 11.7. The van der Waals surface area contributed by atoms with Gasteiger partial charge in [0.15, 0.2) is 6.10 Å². The minimum absolute atomic E-state index is 0.0674. The van der Waals surface area contributed by atoms with E-state index in [9.17, 15) is 4.79 Å². The Balaban J connectivity index is 1.69. The van der Waals surface area contributed by atoms with Gasteiger partial charge in [0.2, 0.25) is 0 Å². The molecular formula is C14H17NO2. The minimum Gasteiger partial charge on any atom is -0.363 e. The Kier molecular flexibility index (Phi) is 2.85. The highest BCUT2D eigenvalue weighted by Gasteiger charge is 2.36. The van der Waals surface area contributed by atoms with Crippen molar-refractivity contribution in [2.45, 2.75) is 37.3 Å². The summed E-state index contributed by atoms with van der Waals surface area (Å²) in [6.07, 6.45) is 3.26. The van der Waals surface area contributed by atoms with E-state index in [1.165, 1.54) is 18.4 Å². The quantitative estimate of drug-likeness (QED) is 0.806. The first-order chi connectivity index (χ1) is 8.34. The van der Waals surface area contributed by atoms with Gasteiger partial charge in [-0.3, -0.25) is 4.79 Å². The van der Waals surface area contributed by atoms with Crippen LogP contribution >= 0.6 is 0 Å². The molecule has 2 fully saturated rings. The number of epoxide rings is 1. The van der Waals surface area contributed by atoms with E-state index in [1.807, 2.05) is 6.07 Å². The molecule has 3 nitrogen and oxygen atoms in total. The maximum absolute atomic E-state index is 11.7. The number of hydrogen-bond acceptors (Lipinski definition) is 2. The molecule has 1 aromatic rings. The highest BCUT2D eigenvalue weighted by molar-refractivity contribution is 5.83. The first-order valence-electron chi connectivity index (χ1n) is 6.31. The molecular weight excluding hydrogens is 214 g/mol. The Morgan fingerprint density at radius 1 is 1.24 bits per heavy atom. The van der Waals surface area contributed by atoms with E-state index >= 15 is 0 Å². The molecule has 1 unspecified atom stereocenters. The van der Waals surface area contributed by atoms with Crippen molar-refractivity contribution in [2.24, 2.45) is 0 Å². The molecule has 1 heterocycles. The van der Waals surface area contributed by atoms with Gasteiger partial charge in [0, 0.05) is 12.0 Å². The summed E-state index contributed by atoms with van der Waals surface area (Å²) < 4.78 is 5.01. The van der Waals surface area contributed by atoms with Crippen molar-refractivity contribution >= 4 is 5.91 Å². The zero-order valence-electron chi connectivity index (χ0n) is 9.76. The lowest BCUT2D eigenvalue weighted by molar-refractivity contribution is -0.123. The van der Waals surface area contributed by atoms with E-state index in [4.69, 9.17) is 4.74 Å². The number of rotatable bonds is 3. The van der Waals surface area contributed by atoms with Crippen LogP contribution in [0.25, 0.3) is 0 Å². The highest BCUT2D eigenvalue weighted by Crippen LogP contribution is 2.34. The molecule has 1 saturated carbocycles. The Morgan fingerprint density at radius 2 is 2.00 bits per heavy atom. The summed E-state index contributed by atoms with van der Waals surface area (Å²) in [5, 5.41) is 3.13. The van der Waals surface area contributed by atoms with Crippen LogP contribution in [0.15, 0.2) is 30.3 Å². The number of hydrogen-bond donors (Lipinski definition) is 1. The molecule has 1 saturated heterocycles. The predicted octanol–water partition coefficient (Wildman–Crippen LogP) is 1.84. The van der Waals surface area contributed by atoms with Gasteiger partial charge in [0.05, 0.1) is 6.61 Å². The topological polar surface area (TPSA) is 41.6 Å². The largest absolute Gasteiger partial charge is 0.363 e. The Bertz CT molecular complexity index is 400.